The number of rotatable bonds is 4. The van der Waals surface area contributed by atoms with Gasteiger partial charge in [0, 0.05) is 26.6 Å². The van der Waals surface area contributed by atoms with Crippen LogP contribution in [0.3, 0.4) is 0 Å². The van der Waals surface area contributed by atoms with Crippen LogP contribution >= 0.6 is 0 Å². The third-order valence-corrected chi connectivity index (χ3v) is 4.88. The van der Waals surface area contributed by atoms with Crippen LogP contribution in [0.2, 0.25) is 0 Å². The molecule has 1 aliphatic rings. The van der Waals surface area contributed by atoms with Gasteiger partial charge in [-0.2, -0.15) is 0 Å². The highest BCUT2D eigenvalue weighted by Crippen LogP contribution is 2.23. The number of carbonyl (C=O) groups is 1. The van der Waals surface area contributed by atoms with E-state index in [9.17, 15) is 4.79 Å². The second-order valence-electron chi connectivity index (χ2n) is 7.54. The van der Waals surface area contributed by atoms with Gasteiger partial charge < -0.3 is 5.32 Å². The number of benzene rings is 2. The average Bonchev–Trinajstić information content (AvgIpc) is 2.62. The molecule has 2 aromatic carbocycles. The van der Waals surface area contributed by atoms with E-state index in [0.717, 1.165) is 31.6 Å². The molecule has 1 heterocycles. The van der Waals surface area contributed by atoms with Crippen molar-refractivity contribution in [3.8, 4) is 0 Å². The Labute approximate surface area is 164 Å². The van der Waals surface area contributed by atoms with Gasteiger partial charge in [-0.25, -0.2) is 0 Å². The Kier molecular flexibility index (Phi) is 8.05. The molecule has 2 aromatic rings. The van der Waals surface area contributed by atoms with E-state index >= 15 is 0 Å². The number of hydrogen-bond acceptors (Lipinski definition) is 2. The maximum absolute atomic E-state index is 11.2. The number of carbonyl (C=O) groups excluding carboxylic acids is 1. The largest absolute Gasteiger partial charge is 0.350 e. The first-order valence-electron chi connectivity index (χ1n) is 10.1. The zero-order valence-electron chi connectivity index (χ0n) is 17.5. The third-order valence-electron chi connectivity index (χ3n) is 4.88. The van der Waals surface area contributed by atoms with Gasteiger partial charge in [-0.1, -0.05) is 62.7 Å². The zero-order chi connectivity index (χ0) is 19.8. The molecule has 146 valence electrons. The highest BCUT2D eigenvalue weighted by atomic mass is 16.1. The molecule has 3 heteroatoms. The van der Waals surface area contributed by atoms with E-state index in [1.54, 1.807) is 6.92 Å². The summed E-state index contributed by atoms with van der Waals surface area (Å²) in [7, 11) is 0. The molecule has 27 heavy (non-hydrogen) atoms. The molecule has 1 unspecified atom stereocenters. The molecule has 0 radical (unpaired) electrons. The fraction of sp³-hybridized carbons (Fsp3) is 0.458. The Morgan fingerprint density at radius 2 is 1.81 bits per heavy atom. The first-order chi connectivity index (χ1) is 12.9. The first-order valence-corrected chi connectivity index (χ1v) is 10.1. The van der Waals surface area contributed by atoms with Gasteiger partial charge in [0.2, 0.25) is 5.91 Å². The fourth-order valence-electron chi connectivity index (χ4n) is 3.55. The minimum Gasteiger partial charge on any atom is -0.350 e. The van der Waals surface area contributed by atoms with Crippen molar-refractivity contribution in [1.82, 2.24) is 10.2 Å². The standard InChI is InChI=1S/C21H26N2O.C3H8/c1-15-5-4-6-20-14-23(12-11-21(15)20)13-18-7-9-19(10-8-18)16(2)22-17(3)24;1-3-2/h4-10,16H,11-14H2,1-3H3,(H,22,24);3H2,1-2H3. The highest BCUT2D eigenvalue weighted by molar-refractivity contribution is 5.73. The lowest BCUT2D eigenvalue weighted by Crippen LogP contribution is -2.30. The third kappa shape index (κ3) is 6.21. The van der Waals surface area contributed by atoms with Crippen molar-refractivity contribution < 1.29 is 4.79 Å². The molecule has 0 bridgehead atoms. The van der Waals surface area contributed by atoms with Gasteiger partial charge >= 0.3 is 0 Å². The molecule has 3 nitrogen and oxygen atoms in total. The molecular weight excluding hydrogens is 332 g/mol. The molecule has 1 N–H and O–H groups in total. The van der Waals surface area contributed by atoms with Gasteiger partial charge in [-0.15, -0.1) is 0 Å². The lowest BCUT2D eigenvalue weighted by Gasteiger charge is -2.29. The van der Waals surface area contributed by atoms with Crippen molar-refractivity contribution in [2.45, 2.75) is 66.6 Å². The Morgan fingerprint density at radius 3 is 2.44 bits per heavy atom. The number of nitrogens with one attached hydrogen (secondary N) is 1. The number of amides is 1. The number of aryl methyl sites for hydroxylation is 1. The summed E-state index contributed by atoms with van der Waals surface area (Å²) >= 11 is 0. The SMILES string of the molecule is CC(=O)NC(C)c1ccc(CN2CCc3c(C)cccc3C2)cc1.CCC. The van der Waals surface area contributed by atoms with E-state index in [0.29, 0.717) is 0 Å². The van der Waals surface area contributed by atoms with Crippen LogP contribution in [0.25, 0.3) is 0 Å². The molecule has 1 aliphatic heterocycles. The van der Waals surface area contributed by atoms with E-state index in [-0.39, 0.29) is 11.9 Å². The van der Waals surface area contributed by atoms with Crippen LogP contribution in [0.5, 0.6) is 0 Å². The van der Waals surface area contributed by atoms with Crippen molar-refractivity contribution in [3.05, 3.63) is 70.3 Å². The summed E-state index contributed by atoms with van der Waals surface area (Å²) in [6, 6.07) is 15.3. The summed E-state index contributed by atoms with van der Waals surface area (Å²) in [4.78, 5) is 13.7. The molecule has 0 aliphatic carbocycles. The smallest absolute Gasteiger partial charge is 0.217 e. The van der Waals surface area contributed by atoms with E-state index < -0.39 is 0 Å². The molecule has 0 aromatic heterocycles. The first kappa shape index (κ1) is 21.2. The van der Waals surface area contributed by atoms with Crippen LogP contribution in [0.4, 0.5) is 0 Å². The van der Waals surface area contributed by atoms with Crippen molar-refractivity contribution >= 4 is 5.91 Å². The van der Waals surface area contributed by atoms with E-state index in [2.05, 4.69) is 73.5 Å². The Balaban J connectivity index is 0.000000817. The predicted molar refractivity (Wildman–Crippen MR) is 114 cm³/mol. The summed E-state index contributed by atoms with van der Waals surface area (Å²) in [5, 5.41) is 2.93. The average molecular weight is 367 g/mol. The molecular formula is C24H34N2O. The van der Waals surface area contributed by atoms with Crippen LogP contribution in [0.1, 0.15) is 68.0 Å². The van der Waals surface area contributed by atoms with Gasteiger partial charge in [0.05, 0.1) is 6.04 Å². The van der Waals surface area contributed by atoms with Gasteiger partial charge in [-0.3, -0.25) is 9.69 Å². The van der Waals surface area contributed by atoms with Gasteiger partial charge in [0.25, 0.3) is 0 Å². The molecule has 0 saturated heterocycles. The van der Waals surface area contributed by atoms with E-state index in [1.165, 1.54) is 28.7 Å². The lowest BCUT2D eigenvalue weighted by atomic mass is 9.95. The quantitative estimate of drug-likeness (QED) is 0.810. The van der Waals surface area contributed by atoms with Crippen molar-refractivity contribution in [1.29, 1.82) is 0 Å². The summed E-state index contributed by atoms with van der Waals surface area (Å²) in [5.41, 5.74) is 6.90. The Bertz CT molecular complexity index is 737. The van der Waals surface area contributed by atoms with Crippen molar-refractivity contribution in [3.63, 3.8) is 0 Å². The maximum atomic E-state index is 11.2. The van der Waals surface area contributed by atoms with Gasteiger partial charge in [-0.05, 0) is 48.1 Å². The number of hydrogen-bond donors (Lipinski definition) is 1. The van der Waals surface area contributed by atoms with Crippen molar-refractivity contribution in [2.75, 3.05) is 6.54 Å². The van der Waals surface area contributed by atoms with E-state index in [1.807, 2.05) is 6.92 Å². The van der Waals surface area contributed by atoms with Crippen LogP contribution in [-0.4, -0.2) is 17.4 Å². The summed E-state index contributed by atoms with van der Waals surface area (Å²) in [5.74, 6) is 0.00820. The predicted octanol–water partition coefficient (Wildman–Crippen LogP) is 5.17. The second-order valence-corrected chi connectivity index (χ2v) is 7.54. The normalized spacial score (nSPS) is 14.6. The lowest BCUT2D eigenvalue weighted by molar-refractivity contribution is -0.119. The minimum absolute atomic E-state index is 0.00820. The molecule has 1 atom stereocenters. The minimum atomic E-state index is 0.00820. The second kappa shape index (κ2) is 10.3. The fourth-order valence-corrected chi connectivity index (χ4v) is 3.55. The molecule has 0 fully saturated rings. The van der Waals surface area contributed by atoms with Crippen molar-refractivity contribution in [2.24, 2.45) is 0 Å². The zero-order valence-corrected chi connectivity index (χ0v) is 17.5. The maximum Gasteiger partial charge on any atom is 0.217 e. The van der Waals surface area contributed by atoms with E-state index in [4.69, 9.17) is 0 Å². The molecule has 3 rings (SSSR count). The molecule has 0 spiro atoms. The van der Waals surface area contributed by atoms with Gasteiger partial charge in [0.1, 0.15) is 0 Å². The highest BCUT2D eigenvalue weighted by Gasteiger charge is 2.17. The summed E-state index contributed by atoms with van der Waals surface area (Å²) < 4.78 is 0. The van der Waals surface area contributed by atoms with Crippen LogP contribution in [0, 0.1) is 6.92 Å². The molecule has 1 amide bonds. The topological polar surface area (TPSA) is 32.3 Å². The Hall–Kier alpha value is -2.13. The Morgan fingerprint density at radius 1 is 1.15 bits per heavy atom. The number of fused-ring (bicyclic) bond motifs is 1. The molecule has 0 saturated carbocycles. The van der Waals surface area contributed by atoms with Crippen LogP contribution in [-0.2, 0) is 24.3 Å². The number of nitrogens with zero attached hydrogens (tertiary/aromatic N) is 1. The summed E-state index contributed by atoms with van der Waals surface area (Å²) in [6.45, 7) is 13.1. The van der Waals surface area contributed by atoms with Gasteiger partial charge in [0.15, 0.2) is 0 Å². The van der Waals surface area contributed by atoms with Crippen LogP contribution < -0.4 is 5.32 Å². The monoisotopic (exact) mass is 366 g/mol. The summed E-state index contributed by atoms with van der Waals surface area (Å²) in [6.07, 6.45) is 2.39. The van der Waals surface area contributed by atoms with Crippen LogP contribution in [0.15, 0.2) is 42.5 Å².